The summed E-state index contributed by atoms with van der Waals surface area (Å²) >= 11 is 1.39. The molecule has 5 nitrogen and oxygen atoms in total. The van der Waals surface area contributed by atoms with Crippen LogP contribution >= 0.6 is 11.3 Å². The molecule has 0 saturated carbocycles. The van der Waals surface area contributed by atoms with Crippen molar-refractivity contribution in [2.45, 2.75) is 52.4 Å². The van der Waals surface area contributed by atoms with Crippen molar-refractivity contribution < 1.29 is 14.3 Å². The number of fused-ring (bicyclic) bond motifs is 1. The molecule has 0 bridgehead atoms. The van der Waals surface area contributed by atoms with E-state index in [1.54, 1.807) is 6.92 Å². The van der Waals surface area contributed by atoms with E-state index in [1.807, 2.05) is 51.1 Å². The van der Waals surface area contributed by atoms with Gasteiger partial charge in [0.1, 0.15) is 5.00 Å². The van der Waals surface area contributed by atoms with E-state index in [0.29, 0.717) is 29.8 Å². The number of rotatable bonds is 4. The predicted octanol–water partition coefficient (Wildman–Crippen LogP) is 4.86. The highest BCUT2D eigenvalue weighted by Crippen LogP contribution is 2.45. The number of nitrogens with one attached hydrogen (secondary N) is 1. The molecule has 0 fully saturated rings. The average Bonchev–Trinajstić information content (AvgIpc) is 3.04. The Balaban J connectivity index is 2.04. The fraction of sp³-hybridized carbons (Fsp3) is 0.435. The van der Waals surface area contributed by atoms with Crippen LogP contribution < -0.4 is 5.32 Å². The Hall–Kier alpha value is -2.65. The van der Waals surface area contributed by atoms with E-state index in [0.717, 1.165) is 16.0 Å². The maximum absolute atomic E-state index is 12.7. The average molecular weight is 411 g/mol. The third-order valence-corrected chi connectivity index (χ3v) is 6.43. The van der Waals surface area contributed by atoms with Crippen LogP contribution in [0.15, 0.2) is 30.3 Å². The summed E-state index contributed by atoms with van der Waals surface area (Å²) in [6.45, 7) is 7.52. The topological polar surface area (TPSA) is 79.2 Å². The molecule has 0 saturated heterocycles. The molecule has 1 aliphatic rings. The number of nitriles is 1. The van der Waals surface area contributed by atoms with Crippen LogP contribution in [-0.2, 0) is 27.8 Å². The van der Waals surface area contributed by atoms with Gasteiger partial charge in [0.25, 0.3) is 0 Å². The molecule has 0 aliphatic heterocycles. The first-order valence-corrected chi connectivity index (χ1v) is 10.6. The van der Waals surface area contributed by atoms with Gasteiger partial charge >= 0.3 is 5.97 Å². The first kappa shape index (κ1) is 21.1. The van der Waals surface area contributed by atoms with Gasteiger partial charge in [-0.3, -0.25) is 4.79 Å². The van der Waals surface area contributed by atoms with E-state index in [9.17, 15) is 14.9 Å². The number of hydrogen-bond acceptors (Lipinski definition) is 5. The number of benzene rings is 1. The SMILES string of the molecule is CCOC(=O)c1c(NC(=O)C(C)(C)C)sc2c1CCC(C#N)(c1ccccc1)C2. The van der Waals surface area contributed by atoms with Crippen molar-refractivity contribution in [1.29, 1.82) is 5.26 Å². The van der Waals surface area contributed by atoms with Crippen LogP contribution in [0, 0.1) is 16.7 Å². The number of amides is 1. The lowest BCUT2D eigenvalue weighted by atomic mass is 9.70. The van der Waals surface area contributed by atoms with Crippen LogP contribution in [-0.4, -0.2) is 18.5 Å². The summed E-state index contributed by atoms with van der Waals surface area (Å²) in [6.07, 6.45) is 1.73. The summed E-state index contributed by atoms with van der Waals surface area (Å²) in [7, 11) is 0. The minimum Gasteiger partial charge on any atom is -0.462 e. The Labute approximate surface area is 175 Å². The minimum absolute atomic E-state index is 0.156. The molecular weight excluding hydrogens is 384 g/mol. The predicted molar refractivity (Wildman–Crippen MR) is 114 cm³/mol. The fourth-order valence-corrected chi connectivity index (χ4v) is 4.93. The molecule has 152 valence electrons. The summed E-state index contributed by atoms with van der Waals surface area (Å²) in [5.74, 6) is -0.574. The molecule has 1 aromatic carbocycles. The van der Waals surface area contributed by atoms with Crippen LogP contribution in [0.5, 0.6) is 0 Å². The molecule has 1 N–H and O–H groups in total. The molecule has 1 unspecified atom stereocenters. The zero-order valence-corrected chi connectivity index (χ0v) is 18.1. The molecule has 1 aromatic heterocycles. The maximum Gasteiger partial charge on any atom is 0.341 e. The lowest BCUT2D eigenvalue weighted by molar-refractivity contribution is -0.123. The third kappa shape index (κ3) is 4.06. The van der Waals surface area contributed by atoms with Gasteiger partial charge in [-0.15, -0.1) is 11.3 Å². The maximum atomic E-state index is 12.7. The Bertz CT molecular complexity index is 966. The first-order chi connectivity index (χ1) is 13.7. The molecule has 6 heteroatoms. The second-order valence-electron chi connectivity index (χ2n) is 8.37. The Kier molecular flexibility index (Phi) is 5.81. The van der Waals surface area contributed by atoms with Gasteiger partial charge < -0.3 is 10.1 Å². The smallest absolute Gasteiger partial charge is 0.341 e. The molecule has 29 heavy (non-hydrogen) atoms. The van der Waals surface area contributed by atoms with Gasteiger partial charge in [0.05, 0.1) is 23.7 Å². The third-order valence-electron chi connectivity index (χ3n) is 5.28. The van der Waals surface area contributed by atoms with Crippen molar-refractivity contribution in [1.82, 2.24) is 0 Å². The zero-order chi connectivity index (χ0) is 21.2. The van der Waals surface area contributed by atoms with E-state index < -0.39 is 16.8 Å². The number of carbonyl (C=O) groups excluding carboxylic acids is 2. The highest BCUT2D eigenvalue weighted by Gasteiger charge is 2.40. The van der Waals surface area contributed by atoms with Crippen molar-refractivity contribution >= 4 is 28.2 Å². The molecule has 2 aromatic rings. The van der Waals surface area contributed by atoms with Gasteiger partial charge in [0.2, 0.25) is 5.91 Å². The largest absolute Gasteiger partial charge is 0.462 e. The van der Waals surface area contributed by atoms with Crippen LogP contribution in [0.25, 0.3) is 0 Å². The number of thiophene rings is 1. The summed E-state index contributed by atoms with van der Waals surface area (Å²) in [4.78, 5) is 26.2. The summed E-state index contributed by atoms with van der Waals surface area (Å²) in [6, 6.07) is 12.3. The lowest BCUT2D eigenvalue weighted by Gasteiger charge is -2.31. The summed E-state index contributed by atoms with van der Waals surface area (Å²) < 4.78 is 5.27. The van der Waals surface area contributed by atoms with Crippen LogP contribution in [0.1, 0.15) is 60.5 Å². The number of ether oxygens (including phenoxy) is 1. The normalized spacial score (nSPS) is 18.4. The number of hydrogen-bond donors (Lipinski definition) is 1. The van der Waals surface area contributed by atoms with Crippen molar-refractivity contribution in [3.05, 3.63) is 51.9 Å². The minimum atomic E-state index is -0.629. The van der Waals surface area contributed by atoms with Crippen molar-refractivity contribution in [3.63, 3.8) is 0 Å². The Morgan fingerprint density at radius 2 is 1.97 bits per heavy atom. The standard InChI is InChI=1S/C23H26N2O3S/c1-5-28-20(26)18-16-11-12-23(14-24,15-9-7-6-8-10-15)13-17(16)29-19(18)25-21(27)22(2,3)4/h6-10H,5,11-13H2,1-4H3,(H,25,27). The fourth-order valence-electron chi connectivity index (χ4n) is 3.58. The van der Waals surface area contributed by atoms with Gasteiger partial charge in [-0.1, -0.05) is 51.1 Å². The van der Waals surface area contributed by atoms with Crippen LogP contribution in [0.3, 0.4) is 0 Å². The Morgan fingerprint density at radius 3 is 2.55 bits per heavy atom. The molecule has 0 radical (unpaired) electrons. The molecule has 1 amide bonds. The van der Waals surface area contributed by atoms with Gasteiger partial charge in [0.15, 0.2) is 0 Å². The number of anilines is 1. The second kappa shape index (κ2) is 8.00. The van der Waals surface area contributed by atoms with E-state index >= 15 is 0 Å². The Morgan fingerprint density at radius 1 is 1.28 bits per heavy atom. The summed E-state index contributed by atoms with van der Waals surface area (Å²) in [5, 5.41) is 13.5. The highest BCUT2D eigenvalue weighted by molar-refractivity contribution is 7.17. The highest BCUT2D eigenvalue weighted by atomic mass is 32.1. The van der Waals surface area contributed by atoms with Crippen LogP contribution in [0.4, 0.5) is 5.00 Å². The van der Waals surface area contributed by atoms with Gasteiger partial charge in [-0.05, 0) is 30.9 Å². The van der Waals surface area contributed by atoms with Crippen LogP contribution in [0.2, 0.25) is 0 Å². The quantitative estimate of drug-likeness (QED) is 0.730. The molecule has 1 heterocycles. The van der Waals surface area contributed by atoms with E-state index in [-0.39, 0.29) is 12.5 Å². The van der Waals surface area contributed by atoms with E-state index in [2.05, 4.69) is 11.4 Å². The van der Waals surface area contributed by atoms with Crippen molar-refractivity contribution in [3.8, 4) is 6.07 Å². The molecule has 3 rings (SSSR count). The molecule has 0 spiro atoms. The molecular formula is C23H26N2O3S. The number of nitrogens with zero attached hydrogens (tertiary/aromatic N) is 1. The van der Waals surface area contributed by atoms with E-state index in [1.165, 1.54) is 11.3 Å². The number of esters is 1. The zero-order valence-electron chi connectivity index (χ0n) is 17.3. The molecule has 1 atom stereocenters. The van der Waals surface area contributed by atoms with E-state index in [4.69, 9.17) is 4.74 Å². The summed E-state index contributed by atoms with van der Waals surface area (Å²) in [5.41, 5.74) is 1.12. The molecule has 1 aliphatic carbocycles. The van der Waals surface area contributed by atoms with Gasteiger partial charge in [-0.2, -0.15) is 5.26 Å². The lowest BCUT2D eigenvalue weighted by Crippen LogP contribution is -2.31. The van der Waals surface area contributed by atoms with Gasteiger partial charge in [0, 0.05) is 16.7 Å². The first-order valence-electron chi connectivity index (χ1n) is 9.81. The van der Waals surface area contributed by atoms with Gasteiger partial charge in [-0.25, -0.2) is 4.79 Å². The van der Waals surface area contributed by atoms with Crippen molar-refractivity contribution in [2.75, 3.05) is 11.9 Å². The second-order valence-corrected chi connectivity index (χ2v) is 9.47. The monoisotopic (exact) mass is 410 g/mol. The number of carbonyl (C=O) groups is 2. The van der Waals surface area contributed by atoms with Crippen molar-refractivity contribution in [2.24, 2.45) is 5.41 Å².